The summed E-state index contributed by atoms with van der Waals surface area (Å²) in [6, 6.07) is 14.3. The van der Waals surface area contributed by atoms with Crippen molar-refractivity contribution < 1.29 is 14.0 Å². The molecule has 2 amide bonds. The first-order chi connectivity index (χ1) is 12.0. The van der Waals surface area contributed by atoms with Gasteiger partial charge in [-0.25, -0.2) is 0 Å². The van der Waals surface area contributed by atoms with E-state index in [0.29, 0.717) is 28.4 Å². The maximum atomic E-state index is 12.8. The van der Waals surface area contributed by atoms with Crippen LogP contribution in [-0.2, 0) is 6.54 Å². The normalized spacial score (nSPS) is 10.5. The van der Waals surface area contributed by atoms with Crippen LogP contribution in [0.15, 0.2) is 58.3 Å². The number of thiophene rings is 1. The van der Waals surface area contributed by atoms with Gasteiger partial charge in [0, 0.05) is 7.05 Å². The van der Waals surface area contributed by atoms with E-state index in [2.05, 4.69) is 5.32 Å². The second-order valence-corrected chi connectivity index (χ2v) is 6.60. The van der Waals surface area contributed by atoms with E-state index in [-0.39, 0.29) is 11.8 Å². The number of carbonyl (C=O) groups excluding carboxylic acids is 2. The van der Waals surface area contributed by atoms with Crippen molar-refractivity contribution in [1.29, 1.82) is 0 Å². The van der Waals surface area contributed by atoms with E-state index in [0.717, 1.165) is 5.76 Å². The molecule has 3 aromatic rings. The highest BCUT2D eigenvalue weighted by atomic mass is 32.1. The van der Waals surface area contributed by atoms with Crippen molar-refractivity contribution in [2.24, 2.45) is 0 Å². The Hall–Kier alpha value is -2.86. The molecule has 0 saturated carbocycles. The molecule has 0 aliphatic rings. The first-order valence-electron chi connectivity index (χ1n) is 7.79. The summed E-state index contributed by atoms with van der Waals surface area (Å²) in [6.07, 6.45) is 0. The van der Waals surface area contributed by atoms with Gasteiger partial charge in [0.2, 0.25) is 0 Å². The van der Waals surface area contributed by atoms with Gasteiger partial charge in [-0.3, -0.25) is 9.59 Å². The molecule has 1 aromatic carbocycles. The van der Waals surface area contributed by atoms with Gasteiger partial charge < -0.3 is 14.6 Å². The molecule has 0 aliphatic carbocycles. The van der Waals surface area contributed by atoms with Crippen molar-refractivity contribution in [2.45, 2.75) is 13.5 Å². The van der Waals surface area contributed by atoms with E-state index in [4.69, 9.17) is 4.42 Å². The maximum absolute atomic E-state index is 12.8. The molecule has 3 rings (SSSR count). The molecular weight excluding hydrogens is 336 g/mol. The van der Waals surface area contributed by atoms with Crippen molar-refractivity contribution in [2.75, 3.05) is 12.4 Å². The predicted molar refractivity (Wildman–Crippen MR) is 98.0 cm³/mol. The summed E-state index contributed by atoms with van der Waals surface area (Å²) in [5, 5.41) is 4.66. The number of rotatable bonds is 5. The van der Waals surface area contributed by atoms with Crippen LogP contribution in [0.4, 0.5) is 5.69 Å². The molecule has 6 heteroatoms. The van der Waals surface area contributed by atoms with Crippen molar-refractivity contribution in [3.8, 4) is 0 Å². The second-order valence-electron chi connectivity index (χ2n) is 5.65. The minimum absolute atomic E-state index is 0.184. The summed E-state index contributed by atoms with van der Waals surface area (Å²) in [4.78, 5) is 27.2. The molecule has 0 bridgehead atoms. The number of para-hydroxylation sites is 1. The largest absolute Gasteiger partial charge is 0.464 e. The second kappa shape index (κ2) is 7.36. The Morgan fingerprint density at radius 1 is 1.12 bits per heavy atom. The lowest BCUT2D eigenvalue weighted by atomic mass is 10.1. The molecule has 0 unspecified atom stereocenters. The molecule has 0 aliphatic heterocycles. The zero-order chi connectivity index (χ0) is 17.8. The van der Waals surface area contributed by atoms with Gasteiger partial charge in [-0.05, 0) is 42.6 Å². The zero-order valence-electron chi connectivity index (χ0n) is 14.0. The Morgan fingerprint density at radius 3 is 2.60 bits per heavy atom. The van der Waals surface area contributed by atoms with Crippen LogP contribution in [-0.4, -0.2) is 23.8 Å². The van der Waals surface area contributed by atoms with E-state index < -0.39 is 0 Å². The number of nitrogens with zero attached hydrogens (tertiary/aromatic N) is 1. The summed E-state index contributed by atoms with van der Waals surface area (Å²) < 4.78 is 5.52. The van der Waals surface area contributed by atoms with Crippen molar-refractivity contribution in [3.05, 3.63) is 75.9 Å². The molecule has 0 radical (unpaired) electrons. The Labute approximate surface area is 149 Å². The minimum atomic E-state index is -0.223. The lowest BCUT2D eigenvalue weighted by Crippen LogP contribution is -2.27. The van der Waals surface area contributed by atoms with E-state index in [1.165, 1.54) is 11.3 Å². The van der Waals surface area contributed by atoms with Gasteiger partial charge in [0.25, 0.3) is 11.8 Å². The van der Waals surface area contributed by atoms with Crippen LogP contribution < -0.4 is 5.32 Å². The fraction of sp³-hybridized carbons (Fsp3) is 0.158. The number of nitrogens with one attached hydrogen (secondary N) is 1. The summed E-state index contributed by atoms with van der Waals surface area (Å²) in [7, 11) is 1.71. The summed E-state index contributed by atoms with van der Waals surface area (Å²) in [6.45, 7) is 2.22. The SMILES string of the molecule is Cc1ccc(CN(C)C(=O)c2ccccc2NC(=O)c2cccs2)o1. The van der Waals surface area contributed by atoms with E-state index in [1.807, 2.05) is 30.5 Å². The summed E-state index contributed by atoms with van der Waals surface area (Å²) >= 11 is 1.36. The van der Waals surface area contributed by atoms with Gasteiger partial charge in [0.15, 0.2) is 0 Å². The van der Waals surface area contributed by atoms with Gasteiger partial charge in [0.05, 0.1) is 22.7 Å². The summed E-state index contributed by atoms with van der Waals surface area (Å²) in [5.74, 6) is 1.11. The highest BCUT2D eigenvalue weighted by Gasteiger charge is 2.18. The van der Waals surface area contributed by atoms with Crippen LogP contribution >= 0.6 is 11.3 Å². The number of benzene rings is 1. The molecule has 0 fully saturated rings. The molecule has 1 N–H and O–H groups in total. The first kappa shape index (κ1) is 17.0. The Bertz CT molecular complexity index is 884. The van der Waals surface area contributed by atoms with Crippen LogP contribution in [0.3, 0.4) is 0 Å². The molecule has 128 valence electrons. The molecule has 25 heavy (non-hydrogen) atoms. The zero-order valence-corrected chi connectivity index (χ0v) is 14.8. The van der Waals surface area contributed by atoms with Gasteiger partial charge >= 0.3 is 0 Å². The van der Waals surface area contributed by atoms with Gasteiger partial charge in [-0.15, -0.1) is 11.3 Å². The topological polar surface area (TPSA) is 62.6 Å². The Morgan fingerprint density at radius 2 is 1.92 bits per heavy atom. The molecular formula is C19H18N2O3S. The lowest BCUT2D eigenvalue weighted by Gasteiger charge is -2.18. The quantitative estimate of drug-likeness (QED) is 0.748. The number of anilines is 1. The standard InChI is InChI=1S/C19H18N2O3S/c1-13-9-10-14(24-13)12-21(2)19(23)15-6-3-4-7-16(15)20-18(22)17-8-5-11-25-17/h3-11H,12H2,1-2H3,(H,20,22). The lowest BCUT2D eigenvalue weighted by molar-refractivity contribution is 0.0776. The molecule has 5 nitrogen and oxygen atoms in total. The maximum Gasteiger partial charge on any atom is 0.265 e. The third kappa shape index (κ3) is 3.97. The van der Waals surface area contributed by atoms with Crippen molar-refractivity contribution >= 4 is 28.8 Å². The first-order valence-corrected chi connectivity index (χ1v) is 8.67. The van der Waals surface area contributed by atoms with E-state index in [1.54, 1.807) is 42.3 Å². The fourth-order valence-corrected chi connectivity index (χ4v) is 3.07. The van der Waals surface area contributed by atoms with E-state index >= 15 is 0 Å². The van der Waals surface area contributed by atoms with Crippen LogP contribution in [0, 0.1) is 6.92 Å². The smallest absolute Gasteiger partial charge is 0.265 e. The average Bonchev–Trinajstić information content (AvgIpc) is 3.26. The summed E-state index contributed by atoms with van der Waals surface area (Å²) in [5.41, 5.74) is 0.937. The third-order valence-corrected chi connectivity index (χ3v) is 4.55. The molecule has 0 atom stereocenters. The van der Waals surface area contributed by atoms with Crippen LogP contribution in [0.2, 0.25) is 0 Å². The van der Waals surface area contributed by atoms with Gasteiger partial charge in [-0.2, -0.15) is 0 Å². The van der Waals surface area contributed by atoms with Crippen LogP contribution in [0.25, 0.3) is 0 Å². The predicted octanol–water partition coefficient (Wildman–Crippen LogP) is 4.17. The van der Waals surface area contributed by atoms with Crippen molar-refractivity contribution in [3.63, 3.8) is 0 Å². The highest BCUT2D eigenvalue weighted by Crippen LogP contribution is 2.20. The van der Waals surface area contributed by atoms with E-state index in [9.17, 15) is 9.59 Å². The number of furan rings is 1. The molecule has 2 heterocycles. The van der Waals surface area contributed by atoms with Gasteiger partial charge in [0.1, 0.15) is 11.5 Å². The fourth-order valence-electron chi connectivity index (χ4n) is 2.45. The Kier molecular flexibility index (Phi) is 5.00. The number of hydrogen-bond acceptors (Lipinski definition) is 4. The molecule has 0 spiro atoms. The highest BCUT2D eigenvalue weighted by molar-refractivity contribution is 7.12. The monoisotopic (exact) mass is 354 g/mol. The van der Waals surface area contributed by atoms with Crippen LogP contribution in [0.5, 0.6) is 0 Å². The number of carbonyl (C=O) groups is 2. The van der Waals surface area contributed by atoms with Crippen LogP contribution in [0.1, 0.15) is 31.6 Å². The Balaban J connectivity index is 1.77. The number of amides is 2. The van der Waals surface area contributed by atoms with Gasteiger partial charge in [-0.1, -0.05) is 18.2 Å². The number of aryl methyl sites for hydroxylation is 1. The minimum Gasteiger partial charge on any atom is -0.464 e. The third-order valence-electron chi connectivity index (χ3n) is 3.69. The average molecular weight is 354 g/mol. The molecule has 0 saturated heterocycles. The number of hydrogen-bond donors (Lipinski definition) is 1. The molecule has 2 aromatic heterocycles. The van der Waals surface area contributed by atoms with Crippen molar-refractivity contribution in [1.82, 2.24) is 4.90 Å².